The maximum Gasteiger partial charge on any atom is 0.311 e. The van der Waals surface area contributed by atoms with Crippen LogP contribution in [0.1, 0.15) is 26.7 Å². The molecular formula is C12H19NO4. The molecule has 2 heterocycles. The normalized spacial score (nSPS) is 37.4. The van der Waals surface area contributed by atoms with Gasteiger partial charge in [-0.05, 0) is 26.7 Å². The molecule has 0 aromatic heterocycles. The third-order valence-corrected chi connectivity index (χ3v) is 3.85. The highest BCUT2D eigenvalue weighted by molar-refractivity contribution is 5.82. The zero-order valence-corrected chi connectivity index (χ0v) is 10.3. The summed E-state index contributed by atoms with van der Waals surface area (Å²) in [6.07, 6.45) is 1.42. The van der Waals surface area contributed by atoms with E-state index < -0.39 is 11.4 Å². The van der Waals surface area contributed by atoms with Crippen molar-refractivity contribution in [1.29, 1.82) is 0 Å². The smallest absolute Gasteiger partial charge is 0.311 e. The van der Waals surface area contributed by atoms with Crippen LogP contribution in [-0.4, -0.2) is 47.7 Å². The molecule has 1 amide bonds. The number of carboxylic acids is 1. The molecule has 0 aromatic carbocycles. The third-order valence-electron chi connectivity index (χ3n) is 3.85. The van der Waals surface area contributed by atoms with E-state index in [1.54, 1.807) is 11.8 Å². The van der Waals surface area contributed by atoms with Crippen molar-refractivity contribution in [3.05, 3.63) is 0 Å². The number of ether oxygens (including phenoxy) is 1. The summed E-state index contributed by atoms with van der Waals surface area (Å²) in [6.45, 7) is 5.01. The average molecular weight is 241 g/mol. The van der Waals surface area contributed by atoms with Crippen LogP contribution in [-0.2, 0) is 14.3 Å². The summed E-state index contributed by atoms with van der Waals surface area (Å²) in [7, 11) is 0. The second kappa shape index (κ2) is 4.29. The second-order valence-corrected chi connectivity index (χ2v) is 5.45. The van der Waals surface area contributed by atoms with E-state index in [0.717, 1.165) is 6.42 Å². The minimum Gasteiger partial charge on any atom is -0.481 e. The highest BCUT2D eigenvalue weighted by Crippen LogP contribution is 2.32. The van der Waals surface area contributed by atoms with E-state index in [-0.39, 0.29) is 17.9 Å². The molecule has 3 unspecified atom stereocenters. The van der Waals surface area contributed by atoms with Gasteiger partial charge in [0.1, 0.15) is 0 Å². The number of carbonyl (C=O) groups is 2. The Morgan fingerprint density at radius 2 is 2.18 bits per heavy atom. The SMILES string of the molecule is CC1CC(C(=O)N2CCC(C)(C(=O)O)C2)CO1. The first-order chi connectivity index (χ1) is 7.92. The predicted molar refractivity (Wildman–Crippen MR) is 60.5 cm³/mol. The van der Waals surface area contributed by atoms with Crippen molar-refractivity contribution in [2.75, 3.05) is 19.7 Å². The van der Waals surface area contributed by atoms with Gasteiger partial charge in [0.25, 0.3) is 0 Å². The lowest BCUT2D eigenvalue weighted by atomic mass is 9.90. The molecule has 2 aliphatic heterocycles. The van der Waals surface area contributed by atoms with E-state index in [1.807, 2.05) is 6.92 Å². The van der Waals surface area contributed by atoms with E-state index in [4.69, 9.17) is 9.84 Å². The first kappa shape index (κ1) is 12.4. The molecule has 1 N–H and O–H groups in total. The van der Waals surface area contributed by atoms with Crippen LogP contribution in [0.2, 0.25) is 0 Å². The molecule has 5 heteroatoms. The molecule has 0 bridgehead atoms. The highest BCUT2D eigenvalue weighted by atomic mass is 16.5. The Morgan fingerprint density at radius 1 is 1.47 bits per heavy atom. The Balaban J connectivity index is 1.97. The van der Waals surface area contributed by atoms with Crippen molar-refractivity contribution < 1.29 is 19.4 Å². The van der Waals surface area contributed by atoms with Crippen molar-refractivity contribution in [2.24, 2.45) is 11.3 Å². The zero-order valence-electron chi connectivity index (χ0n) is 10.3. The van der Waals surface area contributed by atoms with Gasteiger partial charge in [0.15, 0.2) is 0 Å². The maximum absolute atomic E-state index is 12.2. The summed E-state index contributed by atoms with van der Waals surface area (Å²) < 4.78 is 5.38. The minimum atomic E-state index is -0.816. The number of hydrogen-bond donors (Lipinski definition) is 1. The lowest BCUT2D eigenvalue weighted by Gasteiger charge is -2.22. The van der Waals surface area contributed by atoms with Gasteiger partial charge in [0.05, 0.1) is 24.0 Å². The molecule has 5 nitrogen and oxygen atoms in total. The lowest BCUT2D eigenvalue weighted by Crippen LogP contribution is -2.38. The van der Waals surface area contributed by atoms with Crippen LogP contribution >= 0.6 is 0 Å². The topological polar surface area (TPSA) is 66.8 Å². The molecule has 0 radical (unpaired) electrons. The lowest BCUT2D eigenvalue weighted by molar-refractivity contribution is -0.147. The average Bonchev–Trinajstić information content (AvgIpc) is 2.85. The van der Waals surface area contributed by atoms with E-state index >= 15 is 0 Å². The molecule has 0 aromatic rings. The van der Waals surface area contributed by atoms with Crippen LogP contribution < -0.4 is 0 Å². The van der Waals surface area contributed by atoms with Gasteiger partial charge in [-0.3, -0.25) is 9.59 Å². The van der Waals surface area contributed by atoms with Gasteiger partial charge in [0.2, 0.25) is 5.91 Å². The fourth-order valence-corrected chi connectivity index (χ4v) is 2.57. The summed E-state index contributed by atoms with van der Waals surface area (Å²) in [4.78, 5) is 24.9. The molecule has 2 fully saturated rings. The molecular weight excluding hydrogens is 222 g/mol. The molecule has 2 saturated heterocycles. The molecule has 17 heavy (non-hydrogen) atoms. The number of hydrogen-bond acceptors (Lipinski definition) is 3. The predicted octanol–water partition coefficient (Wildman–Crippen LogP) is 0.735. The molecule has 96 valence electrons. The number of likely N-dealkylation sites (tertiary alicyclic amines) is 1. The molecule has 0 aliphatic carbocycles. The van der Waals surface area contributed by atoms with Gasteiger partial charge in [-0.15, -0.1) is 0 Å². The monoisotopic (exact) mass is 241 g/mol. The number of amides is 1. The van der Waals surface area contributed by atoms with Gasteiger partial charge in [-0.1, -0.05) is 0 Å². The van der Waals surface area contributed by atoms with Crippen molar-refractivity contribution in [2.45, 2.75) is 32.8 Å². The largest absolute Gasteiger partial charge is 0.481 e. The summed E-state index contributed by atoms with van der Waals surface area (Å²) >= 11 is 0. The number of aliphatic carboxylic acids is 1. The Bertz CT molecular complexity index is 343. The van der Waals surface area contributed by atoms with Crippen LogP contribution in [0.25, 0.3) is 0 Å². The number of carboxylic acid groups (broad SMARTS) is 1. The van der Waals surface area contributed by atoms with Crippen LogP contribution in [0.15, 0.2) is 0 Å². The number of nitrogens with zero attached hydrogens (tertiary/aromatic N) is 1. The Morgan fingerprint density at radius 3 is 2.65 bits per heavy atom. The Kier molecular flexibility index (Phi) is 3.12. The Labute approximate surface area is 101 Å². The van der Waals surface area contributed by atoms with Gasteiger partial charge < -0.3 is 14.7 Å². The van der Waals surface area contributed by atoms with Crippen LogP contribution in [0.4, 0.5) is 0 Å². The van der Waals surface area contributed by atoms with Gasteiger partial charge in [-0.25, -0.2) is 0 Å². The van der Waals surface area contributed by atoms with E-state index in [9.17, 15) is 9.59 Å². The van der Waals surface area contributed by atoms with Crippen LogP contribution in [0, 0.1) is 11.3 Å². The van der Waals surface area contributed by atoms with Gasteiger partial charge in [-0.2, -0.15) is 0 Å². The second-order valence-electron chi connectivity index (χ2n) is 5.45. The number of carbonyl (C=O) groups excluding carboxylic acids is 1. The summed E-state index contributed by atoms with van der Waals surface area (Å²) in [5.74, 6) is -0.843. The van der Waals surface area contributed by atoms with Crippen LogP contribution in [0.3, 0.4) is 0 Å². The molecule has 0 saturated carbocycles. The number of rotatable bonds is 2. The molecule has 2 aliphatic rings. The van der Waals surface area contributed by atoms with Crippen molar-refractivity contribution in [1.82, 2.24) is 4.90 Å². The van der Waals surface area contributed by atoms with Crippen LogP contribution in [0.5, 0.6) is 0 Å². The third kappa shape index (κ3) is 2.29. The van der Waals surface area contributed by atoms with Crippen molar-refractivity contribution >= 4 is 11.9 Å². The first-order valence-electron chi connectivity index (χ1n) is 6.06. The molecule has 0 spiro atoms. The fraction of sp³-hybridized carbons (Fsp3) is 0.833. The fourth-order valence-electron chi connectivity index (χ4n) is 2.57. The highest BCUT2D eigenvalue weighted by Gasteiger charge is 2.44. The van der Waals surface area contributed by atoms with E-state index in [2.05, 4.69) is 0 Å². The van der Waals surface area contributed by atoms with Gasteiger partial charge in [0, 0.05) is 13.1 Å². The van der Waals surface area contributed by atoms with E-state index in [0.29, 0.717) is 26.1 Å². The van der Waals surface area contributed by atoms with Crippen molar-refractivity contribution in [3.8, 4) is 0 Å². The first-order valence-corrected chi connectivity index (χ1v) is 6.06. The molecule has 3 atom stereocenters. The molecule has 2 rings (SSSR count). The van der Waals surface area contributed by atoms with Crippen molar-refractivity contribution in [3.63, 3.8) is 0 Å². The zero-order chi connectivity index (χ0) is 12.6. The quantitative estimate of drug-likeness (QED) is 0.774. The minimum absolute atomic E-state index is 0.0549. The summed E-state index contributed by atoms with van der Waals surface area (Å²) in [6, 6.07) is 0. The maximum atomic E-state index is 12.2. The standard InChI is InChI=1S/C12H19NO4/c1-8-5-9(6-17-8)10(14)13-4-3-12(2,7-13)11(15)16/h8-9H,3-7H2,1-2H3,(H,15,16). The Hall–Kier alpha value is -1.10. The van der Waals surface area contributed by atoms with Gasteiger partial charge >= 0.3 is 5.97 Å². The summed E-state index contributed by atoms with van der Waals surface area (Å²) in [5, 5.41) is 9.12. The van der Waals surface area contributed by atoms with E-state index in [1.165, 1.54) is 0 Å². The summed E-state index contributed by atoms with van der Waals surface area (Å²) in [5.41, 5.74) is -0.777.